The lowest BCUT2D eigenvalue weighted by Gasteiger charge is -2.36. The summed E-state index contributed by atoms with van der Waals surface area (Å²) in [4.78, 5) is 67.2. The van der Waals surface area contributed by atoms with E-state index < -0.39 is 29.3 Å². The van der Waals surface area contributed by atoms with Gasteiger partial charge in [-0.25, -0.2) is 24.7 Å². The highest BCUT2D eigenvalue weighted by Gasteiger charge is 2.36. The lowest BCUT2D eigenvalue weighted by Crippen LogP contribution is -2.52. The van der Waals surface area contributed by atoms with E-state index in [1.165, 1.54) is 4.90 Å². The van der Waals surface area contributed by atoms with Crippen molar-refractivity contribution in [3.63, 3.8) is 0 Å². The molecule has 1 aliphatic carbocycles. The van der Waals surface area contributed by atoms with Crippen LogP contribution in [0.1, 0.15) is 52.0 Å². The number of ether oxygens (including phenoxy) is 2. The zero-order valence-electron chi connectivity index (χ0n) is 30.3. The summed E-state index contributed by atoms with van der Waals surface area (Å²) < 4.78 is 10.8. The van der Waals surface area contributed by atoms with Crippen LogP contribution in [0.3, 0.4) is 0 Å². The molecule has 3 amide bonds. The molecule has 2 aromatic heterocycles. The van der Waals surface area contributed by atoms with Crippen molar-refractivity contribution in [1.82, 2.24) is 30.5 Å². The fourth-order valence-electron chi connectivity index (χ4n) is 6.82. The third-order valence-corrected chi connectivity index (χ3v) is 9.55. The third kappa shape index (κ3) is 9.66. The quantitative estimate of drug-likeness (QED) is 0.176. The summed E-state index contributed by atoms with van der Waals surface area (Å²) in [7, 11) is 0. The van der Waals surface area contributed by atoms with Crippen molar-refractivity contribution in [2.24, 2.45) is 17.6 Å². The maximum Gasteiger partial charge on any atom is 0.407 e. The number of aromatic amines is 2. The molecule has 15 heteroatoms. The van der Waals surface area contributed by atoms with Crippen molar-refractivity contribution in [3.8, 4) is 22.5 Å². The summed E-state index contributed by atoms with van der Waals surface area (Å²) in [5.41, 5.74) is 8.70. The molecule has 1 atom stereocenters. The normalized spacial score (nSPS) is 18.2. The highest BCUT2D eigenvalue weighted by molar-refractivity contribution is 6.01. The van der Waals surface area contributed by atoms with Crippen LogP contribution in [0.5, 0.6) is 0 Å². The molecule has 0 spiro atoms. The molecule has 1 saturated carbocycles. The van der Waals surface area contributed by atoms with Gasteiger partial charge in [0.2, 0.25) is 17.8 Å². The van der Waals surface area contributed by atoms with E-state index in [0.717, 1.165) is 42.6 Å². The van der Waals surface area contributed by atoms with E-state index in [1.54, 1.807) is 36.7 Å². The zero-order chi connectivity index (χ0) is 37.5. The lowest BCUT2D eigenvalue weighted by atomic mass is 9.81. The van der Waals surface area contributed by atoms with Crippen molar-refractivity contribution in [2.75, 3.05) is 42.6 Å². The van der Waals surface area contributed by atoms with Crippen LogP contribution in [-0.4, -0.2) is 87.5 Å². The zero-order valence-corrected chi connectivity index (χ0v) is 30.3. The van der Waals surface area contributed by atoms with E-state index in [9.17, 15) is 19.2 Å². The topological polar surface area (TPSA) is 202 Å². The van der Waals surface area contributed by atoms with Gasteiger partial charge in [0.1, 0.15) is 11.6 Å². The number of carbonyl (C=O) groups is 3. The largest absolute Gasteiger partial charge is 0.444 e. The predicted molar refractivity (Wildman–Crippen MR) is 199 cm³/mol. The maximum atomic E-state index is 14.5. The molecule has 53 heavy (non-hydrogen) atoms. The molecule has 0 radical (unpaired) electrons. The van der Waals surface area contributed by atoms with Crippen LogP contribution in [0.15, 0.2) is 65.7 Å². The van der Waals surface area contributed by atoms with Gasteiger partial charge in [0.25, 0.3) is 0 Å². The van der Waals surface area contributed by atoms with Crippen molar-refractivity contribution in [2.45, 2.75) is 64.5 Å². The first-order valence-corrected chi connectivity index (χ1v) is 18.0. The van der Waals surface area contributed by atoms with Gasteiger partial charge in [0.15, 0.2) is 5.82 Å². The van der Waals surface area contributed by atoms with Crippen LogP contribution in [0.2, 0.25) is 0 Å². The number of primary amides is 1. The van der Waals surface area contributed by atoms with Gasteiger partial charge in [0, 0.05) is 61.2 Å². The highest BCUT2D eigenvalue weighted by atomic mass is 16.6. The van der Waals surface area contributed by atoms with Gasteiger partial charge in [-0.15, -0.1) is 0 Å². The SMILES string of the molecule is CC(C)(C)OC(=O)NC[C@H]1CC[C@H](C(=O)N(c2ccc(-c3n[nH]c(=O)[nH]3)cc2)[C@@H](Cc2cccc(-c3cnc(N4CCOCC4)nc3)c2)C(N)=O)CC1. The summed E-state index contributed by atoms with van der Waals surface area (Å²) in [6.45, 7) is 8.64. The number of hydrogen-bond donors (Lipinski definition) is 4. The van der Waals surface area contributed by atoms with Gasteiger partial charge in [0.05, 0.1) is 13.2 Å². The fourth-order valence-corrected chi connectivity index (χ4v) is 6.82. The van der Waals surface area contributed by atoms with Crippen LogP contribution >= 0.6 is 0 Å². The molecule has 0 unspecified atom stereocenters. The second-order valence-corrected chi connectivity index (χ2v) is 14.6. The Morgan fingerprint density at radius 1 is 1.00 bits per heavy atom. The summed E-state index contributed by atoms with van der Waals surface area (Å²) in [6.07, 6.45) is 5.90. The Balaban J connectivity index is 1.21. The minimum Gasteiger partial charge on any atom is -0.444 e. The predicted octanol–water partition coefficient (Wildman–Crippen LogP) is 3.82. The number of benzene rings is 2. The molecule has 6 rings (SSSR count). The molecule has 2 aliphatic rings. The smallest absolute Gasteiger partial charge is 0.407 e. The summed E-state index contributed by atoms with van der Waals surface area (Å²) in [5.74, 6) is -0.00563. The minimum absolute atomic E-state index is 0.172. The number of amides is 3. The van der Waals surface area contributed by atoms with E-state index in [4.69, 9.17) is 15.2 Å². The van der Waals surface area contributed by atoms with Crippen molar-refractivity contribution in [3.05, 3.63) is 77.0 Å². The summed E-state index contributed by atoms with van der Waals surface area (Å²) in [6, 6.07) is 13.7. The molecular formula is C38H47N9O6. The molecule has 5 N–H and O–H groups in total. The number of nitrogens with zero attached hydrogens (tertiary/aromatic N) is 5. The highest BCUT2D eigenvalue weighted by Crippen LogP contribution is 2.33. The number of carbonyl (C=O) groups excluding carboxylic acids is 3. The number of hydrogen-bond acceptors (Lipinski definition) is 10. The second kappa shape index (κ2) is 16.4. The number of morpholine rings is 1. The molecule has 3 heterocycles. The second-order valence-electron chi connectivity index (χ2n) is 14.6. The molecule has 1 saturated heterocycles. The molecular weight excluding hydrogens is 678 g/mol. The Morgan fingerprint density at radius 2 is 1.70 bits per heavy atom. The number of anilines is 2. The molecule has 0 bridgehead atoms. The van der Waals surface area contributed by atoms with Gasteiger partial charge in [-0.1, -0.05) is 24.3 Å². The molecule has 15 nitrogen and oxygen atoms in total. The fraction of sp³-hybridized carbons (Fsp3) is 0.447. The summed E-state index contributed by atoms with van der Waals surface area (Å²) in [5, 5.41) is 9.21. The van der Waals surface area contributed by atoms with Gasteiger partial charge in [-0.3, -0.25) is 19.5 Å². The Kier molecular flexibility index (Phi) is 11.5. The number of alkyl carbamates (subject to hydrolysis) is 1. The molecule has 2 aromatic carbocycles. The van der Waals surface area contributed by atoms with Crippen LogP contribution in [-0.2, 0) is 25.5 Å². The number of nitrogens with two attached hydrogens (primary N) is 1. The minimum atomic E-state index is -1.000. The van der Waals surface area contributed by atoms with Gasteiger partial charge in [-0.2, -0.15) is 5.10 Å². The average molecular weight is 726 g/mol. The number of rotatable bonds is 11. The van der Waals surface area contributed by atoms with E-state index in [-0.39, 0.29) is 24.2 Å². The first kappa shape index (κ1) is 37.2. The van der Waals surface area contributed by atoms with E-state index in [2.05, 4.69) is 35.4 Å². The Labute approximate surface area is 307 Å². The van der Waals surface area contributed by atoms with Crippen LogP contribution < -0.4 is 26.5 Å². The van der Waals surface area contributed by atoms with E-state index >= 15 is 0 Å². The van der Waals surface area contributed by atoms with Crippen molar-refractivity contribution in [1.29, 1.82) is 0 Å². The van der Waals surface area contributed by atoms with Crippen LogP contribution in [0.4, 0.5) is 16.4 Å². The van der Waals surface area contributed by atoms with Crippen LogP contribution in [0.25, 0.3) is 22.5 Å². The third-order valence-electron chi connectivity index (χ3n) is 9.55. The van der Waals surface area contributed by atoms with Crippen molar-refractivity contribution >= 4 is 29.5 Å². The van der Waals surface area contributed by atoms with Gasteiger partial charge in [-0.05, 0) is 87.8 Å². The Bertz CT molecular complexity index is 1920. The van der Waals surface area contributed by atoms with Crippen molar-refractivity contribution < 1.29 is 23.9 Å². The number of H-pyrrole nitrogens is 2. The maximum absolute atomic E-state index is 14.5. The number of nitrogens with one attached hydrogen (secondary N) is 3. The molecule has 2 fully saturated rings. The molecule has 280 valence electrons. The van der Waals surface area contributed by atoms with Gasteiger partial charge < -0.3 is 25.4 Å². The van der Waals surface area contributed by atoms with E-state index in [0.29, 0.717) is 55.6 Å². The Morgan fingerprint density at radius 3 is 2.32 bits per heavy atom. The van der Waals surface area contributed by atoms with Gasteiger partial charge >= 0.3 is 11.8 Å². The summed E-state index contributed by atoms with van der Waals surface area (Å²) >= 11 is 0. The standard InChI is InChI=1S/C38H47N9O6/c1-38(2,3)53-37(51)42-21-24-7-9-27(10-8-24)34(49)47(30-13-11-26(12-14-30)33-43-36(50)45-44-33)31(32(39)48)20-25-5-4-6-28(19-25)29-22-40-35(41-23-29)46-15-17-52-18-16-46/h4-6,11-14,19,22-24,27,31H,7-10,15-18,20-21H2,1-3H3,(H2,39,48)(H,42,51)(H2,43,44,45,50)/t24-,27-,31-/m0/s1. The average Bonchev–Trinajstić information content (AvgIpc) is 3.60. The first-order chi connectivity index (χ1) is 25.4. The molecule has 4 aromatic rings. The number of aromatic nitrogens is 5. The molecule has 1 aliphatic heterocycles. The lowest BCUT2D eigenvalue weighted by molar-refractivity contribution is -0.127. The van der Waals surface area contributed by atoms with Crippen LogP contribution in [0, 0.1) is 11.8 Å². The monoisotopic (exact) mass is 725 g/mol. The first-order valence-electron chi connectivity index (χ1n) is 18.0. The Hall–Kier alpha value is -5.57. The van der Waals surface area contributed by atoms with E-state index in [1.807, 2.05) is 45.0 Å².